The van der Waals surface area contributed by atoms with Gasteiger partial charge in [0.1, 0.15) is 0 Å². The van der Waals surface area contributed by atoms with Crippen LogP contribution in [0.3, 0.4) is 0 Å². The number of anilines is 1. The molecule has 1 aliphatic carbocycles. The van der Waals surface area contributed by atoms with Crippen molar-refractivity contribution in [2.75, 3.05) is 12.4 Å². The van der Waals surface area contributed by atoms with Crippen LogP contribution in [-0.2, 0) is 4.74 Å². The molecule has 5 nitrogen and oxygen atoms in total. The fraction of sp³-hybridized carbons (Fsp3) is 0.500. The maximum atomic E-state index is 5.50. The number of nitrogens with one attached hydrogen (secondary N) is 1. The van der Waals surface area contributed by atoms with Crippen molar-refractivity contribution in [2.24, 2.45) is 0 Å². The fourth-order valence-electron chi connectivity index (χ4n) is 2.91. The Bertz CT molecular complexity index is 597. The summed E-state index contributed by atoms with van der Waals surface area (Å²) in [6, 6.07) is 8.50. The van der Waals surface area contributed by atoms with Gasteiger partial charge in [0, 0.05) is 18.8 Å². The van der Waals surface area contributed by atoms with Crippen LogP contribution in [0, 0.1) is 6.92 Å². The van der Waals surface area contributed by atoms with E-state index in [4.69, 9.17) is 9.26 Å². The molecule has 1 N–H and O–H groups in total. The molecule has 1 aromatic heterocycles. The van der Waals surface area contributed by atoms with Crippen LogP contribution in [0.5, 0.6) is 0 Å². The smallest absolute Gasteiger partial charge is 0.260 e. The van der Waals surface area contributed by atoms with Gasteiger partial charge in [0.05, 0.1) is 11.7 Å². The summed E-state index contributed by atoms with van der Waals surface area (Å²) in [6.07, 6.45) is 4.90. The third kappa shape index (κ3) is 3.24. The Morgan fingerprint density at radius 3 is 2.90 bits per heavy atom. The standard InChI is InChI=1S/C16H21N3O2/c1-11-17-16(21-19-11)14-8-3-4-9-15(14)18-12-6-5-7-13(10-12)20-2/h3-4,8-9,12-13,18H,5-7,10H2,1-2H3. The van der Waals surface area contributed by atoms with Crippen molar-refractivity contribution >= 4 is 5.69 Å². The minimum Gasteiger partial charge on any atom is -0.382 e. The van der Waals surface area contributed by atoms with Gasteiger partial charge < -0.3 is 14.6 Å². The van der Waals surface area contributed by atoms with E-state index in [1.165, 1.54) is 6.42 Å². The summed E-state index contributed by atoms with van der Waals surface area (Å²) in [5.41, 5.74) is 2.00. The Balaban J connectivity index is 1.79. The minimum absolute atomic E-state index is 0.356. The van der Waals surface area contributed by atoms with E-state index in [1.807, 2.05) is 25.1 Å². The first-order valence-corrected chi connectivity index (χ1v) is 7.45. The first kappa shape index (κ1) is 14.1. The average Bonchev–Trinajstić information content (AvgIpc) is 2.94. The maximum absolute atomic E-state index is 5.50. The fourth-order valence-corrected chi connectivity index (χ4v) is 2.91. The average molecular weight is 287 g/mol. The summed E-state index contributed by atoms with van der Waals surface area (Å²) in [6.45, 7) is 1.83. The molecule has 112 valence electrons. The molecule has 0 amide bonds. The monoisotopic (exact) mass is 287 g/mol. The maximum Gasteiger partial charge on any atom is 0.260 e. The predicted octanol–water partition coefficient (Wildman–Crippen LogP) is 3.41. The van der Waals surface area contributed by atoms with Crippen molar-refractivity contribution in [2.45, 2.75) is 44.8 Å². The second kappa shape index (κ2) is 6.26. The quantitative estimate of drug-likeness (QED) is 0.933. The molecule has 1 saturated carbocycles. The van der Waals surface area contributed by atoms with Gasteiger partial charge in [0.25, 0.3) is 5.89 Å². The molecule has 0 spiro atoms. The molecule has 0 aliphatic heterocycles. The predicted molar refractivity (Wildman–Crippen MR) is 81.1 cm³/mol. The van der Waals surface area contributed by atoms with Crippen molar-refractivity contribution in [1.82, 2.24) is 10.1 Å². The molecule has 0 radical (unpaired) electrons. The van der Waals surface area contributed by atoms with Gasteiger partial charge in [0.2, 0.25) is 0 Å². The van der Waals surface area contributed by atoms with Crippen LogP contribution in [-0.4, -0.2) is 29.4 Å². The second-order valence-corrected chi connectivity index (χ2v) is 5.56. The lowest BCUT2D eigenvalue weighted by atomic mass is 9.92. The number of aromatic nitrogens is 2. The van der Waals surface area contributed by atoms with Crippen molar-refractivity contribution < 1.29 is 9.26 Å². The third-order valence-corrected chi connectivity index (χ3v) is 4.00. The highest BCUT2D eigenvalue weighted by Crippen LogP contribution is 2.30. The van der Waals surface area contributed by atoms with Crippen molar-refractivity contribution in [3.63, 3.8) is 0 Å². The van der Waals surface area contributed by atoms with Crippen LogP contribution in [0.25, 0.3) is 11.5 Å². The zero-order valence-corrected chi connectivity index (χ0v) is 12.5. The lowest BCUT2D eigenvalue weighted by Crippen LogP contribution is -2.31. The minimum atomic E-state index is 0.356. The molecular weight excluding hydrogens is 266 g/mol. The van der Waals surface area contributed by atoms with Crippen molar-refractivity contribution in [1.29, 1.82) is 0 Å². The van der Waals surface area contributed by atoms with Crippen LogP contribution in [0.15, 0.2) is 28.8 Å². The molecule has 1 aliphatic rings. The Labute approximate surface area is 124 Å². The molecule has 0 bridgehead atoms. The van der Waals surface area contributed by atoms with Gasteiger partial charge in [-0.1, -0.05) is 17.3 Å². The number of ether oxygens (including phenoxy) is 1. The van der Waals surface area contributed by atoms with E-state index in [1.54, 1.807) is 7.11 Å². The molecule has 2 atom stereocenters. The number of nitrogens with zero attached hydrogens (tertiary/aromatic N) is 2. The summed E-state index contributed by atoms with van der Waals surface area (Å²) in [7, 11) is 1.79. The van der Waals surface area contributed by atoms with E-state index >= 15 is 0 Å². The number of hydrogen-bond donors (Lipinski definition) is 1. The summed E-state index contributed by atoms with van der Waals surface area (Å²) >= 11 is 0. The van der Waals surface area contributed by atoms with E-state index in [2.05, 4.69) is 21.5 Å². The van der Waals surface area contributed by atoms with E-state index in [0.717, 1.165) is 30.5 Å². The Hall–Kier alpha value is -1.88. The number of hydrogen-bond acceptors (Lipinski definition) is 5. The van der Waals surface area contributed by atoms with Crippen LogP contribution in [0.4, 0.5) is 5.69 Å². The molecular formula is C16H21N3O2. The first-order valence-electron chi connectivity index (χ1n) is 7.45. The van der Waals surface area contributed by atoms with E-state index < -0.39 is 0 Å². The Morgan fingerprint density at radius 1 is 1.29 bits per heavy atom. The van der Waals surface area contributed by atoms with E-state index in [-0.39, 0.29) is 0 Å². The summed E-state index contributed by atoms with van der Waals surface area (Å²) in [4.78, 5) is 4.32. The lowest BCUT2D eigenvalue weighted by Gasteiger charge is -2.30. The third-order valence-electron chi connectivity index (χ3n) is 4.00. The molecule has 1 aromatic carbocycles. The zero-order valence-electron chi connectivity index (χ0n) is 12.5. The number of rotatable bonds is 4. The van der Waals surface area contributed by atoms with Gasteiger partial charge in [-0.2, -0.15) is 4.98 Å². The lowest BCUT2D eigenvalue weighted by molar-refractivity contribution is 0.0669. The number of methoxy groups -OCH3 is 1. The largest absolute Gasteiger partial charge is 0.382 e. The Kier molecular flexibility index (Phi) is 4.20. The van der Waals surface area contributed by atoms with Gasteiger partial charge in [-0.3, -0.25) is 0 Å². The summed E-state index contributed by atoms with van der Waals surface area (Å²) in [5, 5.41) is 7.49. The second-order valence-electron chi connectivity index (χ2n) is 5.56. The Morgan fingerprint density at radius 2 is 2.14 bits per heavy atom. The normalized spacial score (nSPS) is 22.2. The molecule has 2 unspecified atom stereocenters. The SMILES string of the molecule is COC1CCCC(Nc2ccccc2-c2nc(C)no2)C1. The zero-order chi connectivity index (χ0) is 14.7. The molecule has 2 aromatic rings. The number of benzene rings is 1. The van der Waals surface area contributed by atoms with Crippen LogP contribution >= 0.6 is 0 Å². The van der Waals surface area contributed by atoms with Crippen LogP contribution in [0.2, 0.25) is 0 Å². The molecule has 1 fully saturated rings. The number of para-hydroxylation sites is 1. The van der Waals surface area contributed by atoms with E-state index in [9.17, 15) is 0 Å². The van der Waals surface area contributed by atoms with Crippen molar-refractivity contribution in [3.8, 4) is 11.5 Å². The highest BCUT2D eigenvalue weighted by atomic mass is 16.5. The van der Waals surface area contributed by atoms with Gasteiger partial charge in [-0.25, -0.2) is 0 Å². The first-order chi connectivity index (χ1) is 10.3. The summed E-state index contributed by atoms with van der Waals surface area (Å²) in [5.74, 6) is 1.21. The van der Waals surface area contributed by atoms with Crippen LogP contribution in [0.1, 0.15) is 31.5 Å². The summed E-state index contributed by atoms with van der Waals surface area (Å²) < 4.78 is 10.8. The van der Waals surface area contributed by atoms with E-state index in [0.29, 0.717) is 23.9 Å². The number of aryl methyl sites for hydroxylation is 1. The molecule has 0 saturated heterocycles. The van der Waals surface area contributed by atoms with Gasteiger partial charge in [-0.15, -0.1) is 0 Å². The molecule has 5 heteroatoms. The topological polar surface area (TPSA) is 60.2 Å². The molecule has 3 rings (SSSR count). The molecule has 21 heavy (non-hydrogen) atoms. The van der Waals surface area contributed by atoms with Crippen molar-refractivity contribution in [3.05, 3.63) is 30.1 Å². The van der Waals surface area contributed by atoms with Gasteiger partial charge >= 0.3 is 0 Å². The highest BCUT2D eigenvalue weighted by Gasteiger charge is 2.22. The van der Waals surface area contributed by atoms with Crippen LogP contribution < -0.4 is 5.32 Å². The molecule has 1 heterocycles. The van der Waals surface area contributed by atoms with Gasteiger partial charge in [-0.05, 0) is 44.7 Å². The highest BCUT2D eigenvalue weighted by molar-refractivity contribution is 5.72. The van der Waals surface area contributed by atoms with Gasteiger partial charge in [0.15, 0.2) is 5.82 Å².